The summed E-state index contributed by atoms with van der Waals surface area (Å²) in [5.41, 5.74) is 2.09. The van der Waals surface area contributed by atoms with Gasteiger partial charge in [0, 0.05) is 29.7 Å². The van der Waals surface area contributed by atoms with Crippen LogP contribution in [0.2, 0.25) is 10.0 Å². The molecule has 5 heteroatoms. The fraction of sp³-hybridized carbons (Fsp3) is 0.278. The largest absolute Gasteiger partial charge is 0.338 e. The van der Waals surface area contributed by atoms with E-state index in [4.69, 9.17) is 23.2 Å². The van der Waals surface area contributed by atoms with Crippen molar-refractivity contribution in [1.82, 2.24) is 10.2 Å². The Morgan fingerprint density at radius 2 is 1.87 bits per heavy atom. The topological polar surface area (TPSA) is 32.3 Å². The summed E-state index contributed by atoms with van der Waals surface area (Å²) in [5.74, 6) is 0. The van der Waals surface area contributed by atoms with Gasteiger partial charge in [0.05, 0.1) is 0 Å². The second-order valence-electron chi connectivity index (χ2n) is 5.22. The molecular weight excluding hydrogens is 331 g/mol. The molecule has 0 atom stereocenters. The van der Waals surface area contributed by atoms with Crippen molar-refractivity contribution in [2.24, 2.45) is 0 Å². The third-order valence-electron chi connectivity index (χ3n) is 3.57. The molecule has 0 heterocycles. The highest BCUT2D eigenvalue weighted by Gasteiger charge is 2.11. The first kappa shape index (κ1) is 17.6. The van der Waals surface area contributed by atoms with E-state index < -0.39 is 0 Å². The predicted octanol–water partition coefficient (Wildman–Crippen LogP) is 4.77. The molecule has 2 rings (SSSR count). The van der Waals surface area contributed by atoms with Crippen molar-refractivity contribution in [2.75, 3.05) is 13.1 Å². The van der Waals surface area contributed by atoms with E-state index in [1.165, 1.54) is 0 Å². The molecule has 122 valence electrons. The van der Waals surface area contributed by atoms with Gasteiger partial charge in [-0.2, -0.15) is 0 Å². The minimum absolute atomic E-state index is 0.0681. The first-order valence-electron chi connectivity index (χ1n) is 7.60. The molecule has 0 radical (unpaired) electrons. The van der Waals surface area contributed by atoms with Crippen LogP contribution in [-0.4, -0.2) is 24.0 Å². The van der Waals surface area contributed by atoms with Gasteiger partial charge in [-0.25, -0.2) is 4.79 Å². The molecule has 2 amide bonds. The molecule has 0 saturated heterocycles. The highest BCUT2D eigenvalue weighted by Crippen LogP contribution is 2.21. The van der Waals surface area contributed by atoms with Gasteiger partial charge < -0.3 is 10.2 Å². The van der Waals surface area contributed by atoms with Gasteiger partial charge in [0.15, 0.2) is 0 Å². The van der Waals surface area contributed by atoms with Gasteiger partial charge in [-0.15, -0.1) is 0 Å². The summed E-state index contributed by atoms with van der Waals surface area (Å²) in [6.07, 6.45) is 0.671. The maximum atomic E-state index is 12.3. The minimum Gasteiger partial charge on any atom is -0.338 e. The first-order valence-corrected chi connectivity index (χ1v) is 8.36. The second kappa shape index (κ2) is 8.80. The lowest BCUT2D eigenvalue weighted by atomic mass is 10.1. The summed E-state index contributed by atoms with van der Waals surface area (Å²) >= 11 is 12.0. The fourth-order valence-electron chi connectivity index (χ4n) is 2.27. The number of nitrogens with zero attached hydrogens (tertiary/aromatic N) is 1. The summed E-state index contributed by atoms with van der Waals surface area (Å²) in [7, 11) is 0. The van der Waals surface area contributed by atoms with Crippen LogP contribution in [0.3, 0.4) is 0 Å². The van der Waals surface area contributed by atoms with Crippen LogP contribution in [0.15, 0.2) is 48.5 Å². The average molecular weight is 351 g/mol. The summed E-state index contributed by atoms with van der Waals surface area (Å²) in [5, 5.41) is 4.18. The smallest absolute Gasteiger partial charge is 0.317 e. The molecule has 0 aliphatic heterocycles. The van der Waals surface area contributed by atoms with Gasteiger partial charge in [0.1, 0.15) is 0 Å². The van der Waals surface area contributed by atoms with E-state index in [0.29, 0.717) is 36.1 Å². The predicted molar refractivity (Wildman–Crippen MR) is 96.1 cm³/mol. The van der Waals surface area contributed by atoms with Gasteiger partial charge in [0.25, 0.3) is 0 Å². The SMILES string of the molecule is CCN(Cc1ccccc1)C(=O)NCCc1ccc(Cl)cc1Cl. The Kier molecular flexibility index (Phi) is 6.75. The Labute approximate surface area is 147 Å². The van der Waals surface area contributed by atoms with Crippen molar-refractivity contribution in [2.45, 2.75) is 19.9 Å². The lowest BCUT2D eigenvalue weighted by molar-refractivity contribution is 0.198. The van der Waals surface area contributed by atoms with Crippen molar-refractivity contribution in [1.29, 1.82) is 0 Å². The Bertz CT molecular complexity index is 647. The van der Waals surface area contributed by atoms with Crippen molar-refractivity contribution in [3.05, 3.63) is 69.7 Å². The van der Waals surface area contributed by atoms with E-state index in [1.807, 2.05) is 43.3 Å². The number of benzene rings is 2. The number of carbonyl (C=O) groups is 1. The second-order valence-corrected chi connectivity index (χ2v) is 6.06. The Balaban J connectivity index is 1.85. The number of rotatable bonds is 6. The summed E-state index contributed by atoms with van der Waals surface area (Å²) in [6, 6.07) is 15.3. The van der Waals surface area contributed by atoms with Crippen LogP contribution in [0.5, 0.6) is 0 Å². The molecular formula is C18H20Cl2N2O. The molecule has 0 aliphatic rings. The molecule has 0 saturated carbocycles. The zero-order chi connectivity index (χ0) is 16.7. The van der Waals surface area contributed by atoms with Crippen molar-refractivity contribution < 1.29 is 4.79 Å². The van der Waals surface area contributed by atoms with E-state index in [0.717, 1.165) is 11.1 Å². The van der Waals surface area contributed by atoms with Crippen LogP contribution in [0.4, 0.5) is 4.79 Å². The molecule has 2 aromatic carbocycles. The quantitative estimate of drug-likeness (QED) is 0.799. The van der Waals surface area contributed by atoms with Gasteiger partial charge in [-0.3, -0.25) is 0 Å². The van der Waals surface area contributed by atoms with Crippen molar-refractivity contribution >= 4 is 29.2 Å². The molecule has 0 fully saturated rings. The molecule has 0 bridgehead atoms. The maximum Gasteiger partial charge on any atom is 0.317 e. The van der Waals surface area contributed by atoms with Crippen LogP contribution in [0.1, 0.15) is 18.1 Å². The van der Waals surface area contributed by atoms with E-state index >= 15 is 0 Å². The molecule has 0 aliphatic carbocycles. The van der Waals surface area contributed by atoms with Crippen molar-refractivity contribution in [3.8, 4) is 0 Å². The molecule has 23 heavy (non-hydrogen) atoms. The maximum absolute atomic E-state index is 12.3. The monoisotopic (exact) mass is 350 g/mol. The standard InChI is InChI=1S/C18H20Cl2N2O/c1-2-22(13-14-6-4-3-5-7-14)18(23)21-11-10-15-8-9-16(19)12-17(15)20/h3-9,12H,2,10-11,13H2,1H3,(H,21,23). The Morgan fingerprint density at radius 3 is 2.52 bits per heavy atom. The molecule has 0 unspecified atom stereocenters. The highest BCUT2D eigenvalue weighted by molar-refractivity contribution is 6.35. The number of urea groups is 1. The minimum atomic E-state index is -0.0681. The summed E-state index contributed by atoms with van der Waals surface area (Å²) in [6.45, 7) is 3.76. The zero-order valence-electron chi connectivity index (χ0n) is 13.1. The normalized spacial score (nSPS) is 10.4. The fourth-order valence-corrected chi connectivity index (χ4v) is 2.77. The first-order chi connectivity index (χ1) is 11.1. The molecule has 0 spiro atoms. The lowest BCUT2D eigenvalue weighted by Gasteiger charge is -2.21. The molecule has 0 aromatic heterocycles. The number of carbonyl (C=O) groups excluding carboxylic acids is 1. The number of hydrogen-bond acceptors (Lipinski definition) is 1. The van der Waals surface area contributed by atoms with Crippen LogP contribution in [0, 0.1) is 0 Å². The molecule has 1 N–H and O–H groups in total. The van der Waals surface area contributed by atoms with Crippen LogP contribution >= 0.6 is 23.2 Å². The van der Waals surface area contributed by atoms with Gasteiger partial charge in [0.2, 0.25) is 0 Å². The van der Waals surface area contributed by atoms with E-state index in [2.05, 4.69) is 5.32 Å². The molecule has 2 aromatic rings. The highest BCUT2D eigenvalue weighted by atomic mass is 35.5. The third kappa shape index (κ3) is 5.45. The summed E-state index contributed by atoms with van der Waals surface area (Å²) in [4.78, 5) is 14.0. The van der Waals surface area contributed by atoms with Crippen LogP contribution < -0.4 is 5.32 Å². The van der Waals surface area contributed by atoms with Gasteiger partial charge in [-0.1, -0.05) is 59.6 Å². The van der Waals surface area contributed by atoms with Crippen LogP contribution in [-0.2, 0) is 13.0 Å². The van der Waals surface area contributed by atoms with Gasteiger partial charge >= 0.3 is 6.03 Å². The van der Waals surface area contributed by atoms with Crippen LogP contribution in [0.25, 0.3) is 0 Å². The zero-order valence-corrected chi connectivity index (χ0v) is 14.6. The number of halogens is 2. The number of amides is 2. The third-order valence-corrected chi connectivity index (χ3v) is 4.16. The van der Waals surface area contributed by atoms with E-state index in [9.17, 15) is 4.79 Å². The Hall–Kier alpha value is -1.71. The number of nitrogens with one attached hydrogen (secondary N) is 1. The van der Waals surface area contributed by atoms with Crippen molar-refractivity contribution in [3.63, 3.8) is 0 Å². The van der Waals surface area contributed by atoms with Gasteiger partial charge in [-0.05, 0) is 36.6 Å². The Morgan fingerprint density at radius 1 is 1.13 bits per heavy atom. The van der Waals surface area contributed by atoms with E-state index in [-0.39, 0.29) is 6.03 Å². The van der Waals surface area contributed by atoms with E-state index in [1.54, 1.807) is 17.0 Å². The lowest BCUT2D eigenvalue weighted by Crippen LogP contribution is -2.40. The summed E-state index contributed by atoms with van der Waals surface area (Å²) < 4.78 is 0. The average Bonchev–Trinajstić information content (AvgIpc) is 2.55. The molecule has 3 nitrogen and oxygen atoms in total. The number of hydrogen-bond donors (Lipinski definition) is 1.